The molecule has 2 aromatic rings. The molecule has 0 aliphatic rings. The molecule has 0 saturated heterocycles. The number of hydrogen-bond donors (Lipinski definition) is 1. The second kappa shape index (κ2) is 7.78. The van der Waals surface area contributed by atoms with Crippen molar-refractivity contribution >= 4 is 28.9 Å². The van der Waals surface area contributed by atoms with Gasteiger partial charge in [-0.2, -0.15) is 0 Å². The van der Waals surface area contributed by atoms with Crippen LogP contribution in [0.4, 0.5) is 5.69 Å². The second-order valence-electron chi connectivity index (χ2n) is 5.34. The van der Waals surface area contributed by atoms with Crippen LogP contribution < -0.4 is 10.1 Å². The molecule has 5 nitrogen and oxygen atoms in total. The lowest BCUT2D eigenvalue weighted by molar-refractivity contribution is 0.0607. The number of thiophene rings is 1. The van der Waals surface area contributed by atoms with Crippen LogP contribution in [0.2, 0.25) is 0 Å². The quantitative estimate of drug-likeness (QED) is 0.816. The van der Waals surface area contributed by atoms with Gasteiger partial charge in [0, 0.05) is 5.56 Å². The van der Waals surface area contributed by atoms with E-state index < -0.39 is 5.97 Å². The summed E-state index contributed by atoms with van der Waals surface area (Å²) in [5, 5.41) is 4.46. The van der Waals surface area contributed by atoms with Gasteiger partial charge in [0.25, 0.3) is 5.91 Å². The van der Waals surface area contributed by atoms with Gasteiger partial charge in [-0.05, 0) is 35.6 Å². The summed E-state index contributed by atoms with van der Waals surface area (Å²) in [6.45, 7) is 4.70. The van der Waals surface area contributed by atoms with Crippen molar-refractivity contribution in [3.05, 3.63) is 46.2 Å². The minimum absolute atomic E-state index is 0.302. The zero-order valence-electron chi connectivity index (χ0n) is 13.3. The highest BCUT2D eigenvalue weighted by Gasteiger charge is 2.16. The van der Waals surface area contributed by atoms with Crippen LogP contribution in [-0.4, -0.2) is 25.6 Å². The number of hydrogen-bond acceptors (Lipinski definition) is 5. The number of esters is 1. The third-order valence-corrected chi connectivity index (χ3v) is 3.86. The molecular formula is C17H19NO4S. The first kappa shape index (κ1) is 17.0. The Morgan fingerprint density at radius 1 is 1.26 bits per heavy atom. The fourth-order valence-electron chi connectivity index (χ4n) is 1.84. The SMILES string of the molecule is COC(=O)c1sccc1NC(=O)c1cccc(OCC(C)C)c1. The first-order chi connectivity index (χ1) is 11.0. The molecule has 0 aliphatic carbocycles. The van der Waals surface area contributed by atoms with Crippen molar-refractivity contribution in [2.75, 3.05) is 19.0 Å². The van der Waals surface area contributed by atoms with E-state index in [0.717, 1.165) is 0 Å². The Labute approximate surface area is 139 Å². The van der Waals surface area contributed by atoms with Crippen LogP contribution in [-0.2, 0) is 4.74 Å². The lowest BCUT2D eigenvalue weighted by Crippen LogP contribution is -2.14. The molecule has 0 fully saturated rings. The average Bonchev–Trinajstić information content (AvgIpc) is 3.00. The maximum Gasteiger partial charge on any atom is 0.350 e. The summed E-state index contributed by atoms with van der Waals surface area (Å²) < 4.78 is 10.3. The van der Waals surface area contributed by atoms with Gasteiger partial charge < -0.3 is 14.8 Å². The zero-order chi connectivity index (χ0) is 16.8. The number of carbonyl (C=O) groups is 2. The second-order valence-corrected chi connectivity index (χ2v) is 6.26. The van der Waals surface area contributed by atoms with Crippen LogP contribution in [0.3, 0.4) is 0 Å². The molecule has 0 atom stereocenters. The Morgan fingerprint density at radius 2 is 2.04 bits per heavy atom. The molecule has 122 valence electrons. The minimum Gasteiger partial charge on any atom is -0.493 e. The maximum absolute atomic E-state index is 12.4. The smallest absolute Gasteiger partial charge is 0.350 e. The van der Waals surface area contributed by atoms with Crippen LogP contribution in [0.5, 0.6) is 5.75 Å². The van der Waals surface area contributed by atoms with Crippen LogP contribution in [0.25, 0.3) is 0 Å². The lowest BCUT2D eigenvalue weighted by atomic mass is 10.2. The highest BCUT2D eigenvalue weighted by atomic mass is 32.1. The molecule has 23 heavy (non-hydrogen) atoms. The van der Waals surface area contributed by atoms with Crippen LogP contribution in [0.1, 0.15) is 33.9 Å². The van der Waals surface area contributed by atoms with Gasteiger partial charge in [0.2, 0.25) is 0 Å². The number of benzene rings is 1. The summed E-state index contributed by atoms with van der Waals surface area (Å²) in [5.41, 5.74) is 0.911. The topological polar surface area (TPSA) is 64.6 Å². The summed E-state index contributed by atoms with van der Waals surface area (Å²) in [6.07, 6.45) is 0. The summed E-state index contributed by atoms with van der Waals surface area (Å²) >= 11 is 1.22. The van der Waals surface area contributed by atoms with Crippen molar-refractivity contribution in [2.45, 2.75) is 13.8 Å². The zero-order valence-corrected chi connectivity index (χ0v) is 14.1. The third kappa shape index (κ3) is 4.56. The molecule has 0 saturated carbocycles. The fourth-order valence-corrected chi connectivity index (χ4v) is 2.61. The Balaban J connectivity index is 2.11. The monoisotopic (exact) mass is 333 g/mol. The number of rotatable bonds is 6. The summed E-state index contributed by atoms with van der Waals surface area (Å²) in [5.74, 6) is 0.277. The Hall–Kier alpha value is -2.34. The van der Waals surface area contributed by atoms with Gasteiger partial charge in [-0.15, -0.1) is 11.3 Å². The number of nitrogens with one attached hydrogen (secondary N) is 1. The van der Waals surface area contributed by atoms with Gasteiger partial charge in [-0.3, -0.25) is 4.79 Å². The molecule has 1 amide bonds. The highest BCUT2D eigenvalue weighted by Crippen LogP contribution is 2.24. The number of anilines is 1. The van der Waals surface area contributed by atoms with Crippen molar-refractivity contribution in [3.63, 3.8) is 0 Å². The minimum atomic E-state index is -0.468. The molecule has 0 spiro atoms. The van der Waals surface area contributed by atoms with E-state index in [1.807, 2.05) is 6.07 Å². The number of amides is 1. The molecule has 0 unspecified atom stereocenters. The Morgan fingerprint density at radius 3 is 2.74 bits per heavy atom. The largest absolute Gasteiger partial charge is 0.493 e. The molecule has 6 heteroatoms. The van der Waals surface area contributed by atoms with Gasteiger partial charge in [0.1, 0.15) is 10.6 Å². The molecule has 2 rings (SSSR count). The molecule has 1 heterocycles. The Bertz CT molecular complexity index is 693. The summed E-state index contributed by atoms with van der Waals surface area (Å²) in [6, 6.07) is 8.63. The molecule has 1 aromatic carbocycles. The van der Waals surface area contributed by atoms with Crippen LogP contribution in [0.15, 0.2) is 35.7 Å². The van der Waals surface area contributed by atoms with E-state index in [-0.39, 0.29) is 5.91 Å². The molecule has 1 N–H and O–H groups in total. The lowest BCUT2D eigenvalue weighted by Gasteiger charge is -2.10. The van der Waals surface area contributed by atoms with Gasteiger partial charge in [-0.1, -0.05) is 19.9 Å². The van der Waals surface area contributed by atoms with Crippen molar-refractivity contribution in [1.82, 2.24) is 0 Å². The first-order valence-corrected chi connectivity index (χ1v) is 8.09. The van der Waals surface area contributed by atoms with E-state index in [9.17, 15) is 9.59 Å². The molecule has 0 radical (unpaired) electrons. The van der Waals surface area contributed by atoms with Crippen LogP contribution >= 0.6 is 11.3 Å². The van der Waals surface area contributed by atoms with Crippen molar-refractivity contribution in [1.29, 1.82) is 0 Å². The maximum atomic E-state index is 12.4. The first-order valence-electron chi connectivity index (χ1n) is 7.21. The van der Waals surface area contributed by atoms with E-state index in [1.165, 1.54) is 18.4 Å². The van der Waals surface area contributed by atoms with Crippen molar-refractivity contribution in [2.24, 2.45) is 5.92 Å². The van der Waals surface area contributed by atoms with E-state index >= 15 is 0 Å². The van der Waals surface area contributed by atoms with Gasteiger partial charge in [0.05, 0.1) is 19.4 Å². The molecule has 0 bridgehead atoms. The standard InChI is InChI=1S/C17H19NO4S/c1-11(2)10-22-13-6-4-5-12(9-13)16(19)18-14-7-8-23-15(14)17(20)21-3/h4-9,11H,10H2,1-3H3,(H,18,19). The molecular weight excluding hydrogens is 314 g/mol. The van der Waals surface area contributed by atoms with E-state index in [4.69, 9.17) is 9.47 Å². The van der Waals surface area contributed by atoms with E-state index in [0.29, 0.717) is 34.4 Å². The summed E-state index contributed by atoms with van der Waals surface area (Å²) in [4.78, 5) is 24.4. The van der Waals surface area contributed by atoms with Crippen molar-refractivity contribution < 1.29 is 19.1 Å². The van der Waals surface area contributed by atoms with Crippen LogP contribution in [0, 0.1) is 5.92 Å². The highest BCUT2D eigenvalue weighted by molar-refractivity contribution is 7.12. The molecule has 0 aliphatic heterocycles. The Kier molecular flexibility index (Phi) is 5.76. The van der Waals surface area contributed by atoms with E-state index in [2.05, 4.69) is 19.2 Å². The van der Waals surface area contributed by atoms with Gasteiger partial charge in [-0.25, -0.2) is 4.79 Å². The average molecular weight is 333 g/mol. The molecule has 1 aromatic heterocycles. The number of carbonyl (C=O) groups excluding carboxylic acids is 2. The normalized spacial score (nSPS) is 10.4. The van der Waals surface area contributed by atoms with Gasteiger partial charge in [0.15, 0.2) is 0 Å². The predicted octanol–water partition coefficient (Wildman–Crippen LogP) is 3.82. The number of methoxy groups -OCH3 is 1. The predicted molar refractivity (Wildman–Crippen MR) is 90.4 cm³/mol. The third-order valence-electron chi connectivity index (χ3n) is 2.96. The van der Waals surface area contributed by atoms with E-state index in [1.54, 1.807) is 29.6 Å². The van der Waals surface area contributed by atoms with Gasteiger partial charge >= 0.3 is 5.97 Å². The summed E-state index contributed by atoms with van der Waals surface area (Å²) in [7, 11) is 1.31. The number of ether oxygens (including phenoxy) is 2. The fraction of sp³-hybridized carbons (Fsp3) is 0.294. The van der Waals surface area contributed by atoms with Crippen molar-refractivity contribution in [3.8, 4) is 5.75 Å².